The molecule has 0 unspecified atom stereocenters. The van der Waals surface area contributed by atoms with E-state index in [4.69, 9.17) is 0 Å². The minimum atomic E-state index is -3.22. The number of sulfonamides is 1. The van der Waals surface area contributed by atoms with Crippen LogP contribution in [0.15, 0.2) is 42.5 Å². The molecule has 0 aromatic heterocycles. The van der Waals surface area contributed by atoms with Gasteiger partial charge in [0.2, 0.25) is 10.0 Å². The first-order valence-electron chi connectivity index (χ1n) is 10.2. The van der Waals surface area contributed by atoms with Crippen LogP contribution in [0.4, 0.5) is 11.4 Å². The van der Waals surface area contributed by atoms with E-state index >= 15 is 0 Å². The summed E-state index contributed by atoms with van der Waals surface area (Å²) >= 11 is 0. The van der Waals surface area contributed by atoms with E-state index < -0.39 is 10.0 Å². The van der Waals surface area contributed by atoms with Crippen molar-refractivity contribution in [3.8, 4) is 0 Å². The van der Waals surface area contributed by atoms with Crippen LogP contribution >= 0.6 is 0 Å². The van der Waals surface area contributed by atoms with Gasteiger partial charge >= 0.3 is 0 Å². The van der Waals surface area contributed by atoms with Gasteiger partial charge in [-0.15, -0.1) is 0 Å². The number of anilines is 2. The van der Waals surface area contributed by atoms with Crippen molar-refractivity contribution in [1.82, 2.24) is 4.90 Å². The summed E-state index contributed by atoms with van der Waals surface area (Å²) in [5, 5.41) is 9.28. The Morgan fingerprint density at radius 1 is 1.00 bits per heavy atom. The zero-order valence-electron chi connectivity index (χ0n) is 17.1. The zero-order valence-corrected chi connectivity index (χ0v) is 17.9. The Balaban J connectivity index is 1.40. The Labute approximate surface area is 177 Å². The quantitative estimate of drug-likeness (QED) is 0.804. The van der Waals surface area contributed by atoms with Crippen molar-refractivity contribution in [3.63, 3.8) is 0 Å². The number of aryl methyl sites for hydroxylation is 1. The van der Waals surface area contributed by atoms with Crippen LogP contribution in [0.25, 0.3) is 0 Å². The Kier molecular flexibility index (Phi) is 5.71. The Morgan fingerprint density at radius 2 is 1.70 bits per heavy atom. The number of carbonyl (C=O) groups is 1. The monoisotopic (exact) mass is 429 g/mol. The number of hydrogen-bond donors (Lipinski definition) is 1. The van der Waals surface area contributed by atoms with E-state index in [1.165, 1.54) is 4.31 Å². The third kappa shape index (κ3) is 4.02. The number of benzene rings is 2. The average Bonchev–Trinajstić information content (AvgIpc) is 3.12. The van der Waals surface area contributed by atoms with Crippen LogP contribution in [0, 0.1) is 6.92 Å². The van der Waals surface area contributed by atoms with E-state index in [1.807, 2.05) is 30.0 Å². The Morgan fingerprint density at radius 3 is 2.27 bits per heavy atom. The van der Waals surface area contributed by atoms with Crippen LogP contribution in [0.3, 0.4) is 0 Å². The predicted octanol–water partition coefficient (Wildman–Crippen LogP) is 1.99. The Hall–Kier alpha value is -2.58. The van der Waals surface area contributed by atoms with Crippen molar-refractivity contribution >= 4 is 27.3 Å². The molecule has 8 heteroatoms. The highest BCUT2D eigenvalue weighted by Gasteiger charge is 2.29. The van der Waals surface area contributed by atoms with Crippen molar-refractivity contribution in [3.05, 3.63) is 59.2 Å². The maximum Gasteiger partial charge on any atom is 0.253 e. The lowest BCUT2D eigenvalue weighted by atomic mass is 10.1. The molecule has 4 rings (SSSR count). The van der Waals surface area contributed by atoms with Gasteiger partial charge in [-0.05, 0) is 54.8 Å². The van der Waals surface area contributed by atoms with Gasteiger partial charge in [-0.1, -0.05) is 12.1 Å². The van der Waals surface area contributed by atoms with Gasteiger partial charge < -0.3 is 14.9 Å². The second kappa shape index (κ2) is 8.28. The summed E-state index contributed by atoms with van der Waals surface area (Å²) < 4.78 is 25.6. The fraction of sp³-hybridized carbons (Fsp3) is 0.409. The lowest BCUT2D eigenvalue weighted by Gasteiger charge is -2.37. The van der Waals surface area contributed by atoms with E-state index in [1.54, 1.807) is 24.3 Å². The zero-order chi connectivity index (χ0) is 21.3. The maximum atomic E-state index is 12.9. The second-order valence-corrected chi connectivity index (χ2v) is 9.86. The van der Waals surface area contributed by atoms with Crippen LogP contribution < -0.4 is 9.21 Å². The standard InChI is InChI=1S/C22H27N3O4S/c1-17-15-18(16-26)3-8-21(17)23-10-12-24(13-11-23)22(27)19-4-6-20(7-5-19)25-9-2-14-30(25,28)29/h3-8,15,26H,2,9-14,16H2,1H3. The van der Waals surface area contributed by atoms with Crippen LogP contribution in [-0.2, 0) is 16.6 Å². The number of aliphatic hydroxyl groups excluding tert-OH is 1. The van der Waals surface area contributed by atoms with Crippen molar-refractivity contribution in [2.45, 2.75) is 20.0 Å². The van der Waals surface area contributed by atoms with Gasteiger partial charge in [-0.3, -0.25) is 9.10 Å². The molecule has 1 amide bonds. The number of carbonyl (C=O) groups excluding carboxylic acids is 1. The molecule has 2 saturated heterocycles. The van der Waals surface area contributed by atoms with E-state index in [-0.39, 0.29) is 18.3 Å². The summed E-state index contributed by atoms with van der Waals surface area (Å²) in [6, 6.07) is 12.8. The molecule has 0 atom stereocenters. The van der Waals surface area contributed by atoms with Gasteiger partial charge in [0.1, 0.15) is 0 Å². The summed E-state index contributed by atoms with van der Waals surface area (Å²) in [4.78, 5) is 17.0. The molecule has 0 saturated carbocycles. The highest BCUT2D eigenvalue weighted by Crippen LogP contribution is 2.26. The molecule has 2 aliphatic rings. The first-order valence-corrected chi connectivity index (χ1v) is 11.8. The van der Waals surface area contributed by atoms with Crippen LogP contribution in [-0.4, -0.2) is 62.8 Å². The van der Waals surface area contributed by atoms with E-state index in [0.29, 0.717) is 37.3 Å². The molecule has 30 heavy (non-hydrogen) atoms. The van der Waals surface area contributed by atoms with E-state index in [2.05, 4.69) is 4.90 Å². The molecule has 2 aromatic rings. The van der Waals surface area contributed by atoms with Crippen LogP contribution in [0.1, 0.15) is 27.9 Å². The van der Waals surface area contributed by atoms with Crippen LogP contribution in [0.5, 0.6) is 0 Å². The summed E-state index contributed by atoms with van der Waals surface area (Å²) in [6.45, 7) is 5.31. The SMILES string of the molecule is Cc1cc(CO)ccc1N1CCN(C(=O)c2ccc(N3CCCS3(=O)=O)cc2)CC1. The summed E-state index contributed by atoms with van der Waals surface area (Å²) in [5.41, 5.74) is 4.35. The van der Waals surface area contributed by atoms with Crippen molar-refractivity contribution in [1.29, 1.82) is 0 Å². The smallest absolute Gasteiger partial charge is 0.253 e. The molecule has 1 N–H and O–H groups in total. The summed E-state index contributed by atoms with van der Waals surface area (Å²) in [6.07, 6.45) is 0.634. The predicted molar refractivity (Wildman–Crippen MR) is 117 cm³/mol. The number of piperazine rings is 1. The van der Waals surface area contributed by atoms with Crippen molar-refractivity contribution in [2.24, 2.45) is 0 Å². The summed E-state index contributed by atoms with van der Waals surface area (Å²) in [7, 11) is -3.22. The third-order valence-corrected chi connectivity index (χ3v) is 7.72. The number of nitrogens with zero attached hydrogens (tertiary/aromatic N) is 3. The highest BCUT2D eigenvalue weighted by atomic mass is 32.2. The van der Waals surface area contributed by atoms with Gasteiger partial charge in [0, 0.05) is 44.0 Å². The minimum Gasteiger partial charge on any atom is -0.392 e. The number of aliphatic hydroxyl groups is 1. The molecule has 2 aromatic carbocycles. The molecule has 2 aliphatic heterocycles. The summed E-state index contributed by atoms with van der Waals surface area (Å²) in [5.74, 6) is 0.151. The molecule has 0 aliphatic carbocycles. The van der Waals surface area contributed by atoms with Gasteiger partial charge in [-0.25, -0.2) is 8.42 Å². The largest absolute Gasteiger partial charge is 0.392 e. The first-order chi connectivity index (χ1) is 14.4. The van der Waals surface area contributed by atoms with Crippen molar-refractivity contribution in [2.75, 3.05) is 47.7 Å². The van der Waals surface area contributed by atoms with Gasteiger partial charge in [0.25, 0.3) is 5.91 Å². The lowest BCUT2D eigenvalue weighted by molar-refractivity contribution is 0.0747. The average molecular weight is 430 g/mol. The Bertz CT molecular complexity index is 1030. The van der Waals surface area contributed by atoms with Gasteiger partial charge in [0.05, 0.1) is 18.0 Å². The van der Waals surface area contributed by atoms with Crippen LogP contribution in [0.2, 0.25) is 0 Å². The normalized spacial score (nSPS) is 18.7. The first kappa shape index (κ1) is 20.7. The number of amides is 1. The fourth-order valence-electron chi connectivity index (χ4n) is 4.20. The lowest BCUT2D eigenvalue weighted by Crippen LogP contribution is -2.49. The fourth-order valence-corrected chi connectivity index (χ4v) is 5.77. The minimum absolute atomic E-state index is 0.0298. The van der Waals surface area contributed by atoms with E-state index in [9.17, 15) is 18.3 Å². The molecular formula is C22H27N3O4S. The second-order valence-electron chi connectivity index (χ2n) is 7.85. The molecule has 0 bridgehead atoms. The molecule has 2 heterocycles. The molecule has 0 radical (unpaired) electrons. The molecule has 2 fully saturated rings. The molecular weight excluding hydrogens is 402 g/mol. The van der Waals surface area contributed by atoms with Crippen molar-refractivity contribution < 1.29 is 18.3 Å². The molecule has 7 nitrogen and oxygen atoms in total. The third-order valence-electron chi connectivity index (χ3n) is 5.85. The number of hydrogen-bond acceptors (Lipinski definition) is 5. The van der Waals surface area contributed by atoms with E-state index in [0.717, 1.165) is 29.9 Å². The van der Waals surface area contributed by atoms with Gasteiger partial charge in [0.15, 0.2) is 0 Å². The van der Waals surface area contributed by atoms with Gasteiger partial charge in [-0.2, -0.15) is 0 Å². The molecule has 160 valence electrons. The highest BCUT2D eigenvalue weighted by molar-refractivity contribution is 7.93. The number of rotatable bonds is 4. The topological polar surface area (TPSA) is 81.2 Å². The molecule has 0 spiro atoms. The maximum absolute atomic E-state index is 12.9.